The molecule has 0 spiro atoms. The summed E-state index contributed by atoms with van der Waals surface area (Å²) in [5.74, 6) is -0.227. The fourth-order valence-electron chi connectivity index (χ4n) is 1.15. The molecule has 4 nitrogen and oxygen atoms in total. The van der Waals surface area contributed by atoms with Crippen molar-refractivity contribution in [2.75, 3.05) is 33.9 Å². The van der Waals surface area contributed by atoms with Crippen LogP contribution in [-0.4, -0.2) is 39.9 Å². The van der Waals surface area contributed by atoms with Gasteiger partial charge in [-0.05, 0) is 18.4 Å². The summed E-state index contributed by atoms with van der Waals surface area (Å²) in [5, 5.41) is 3.02. The first-order valence-corrected chi connectivity index (χ1v) is 4.78. The van der Waals surface area contributed by atoms with Gasteiger partial charge in [-0.1, -0.05) is 13.8 Å². The van der Waals surface area contributed by atoms with Gasteiger partial charge >= 0.3 is 5.97 Å². The van der Waals surface area contributed by atoms with Crippen LogP contribution in [0.25, 0.3) is 0 Å². The number of hydrogen-bond donors (Lipinski definition) is 1. The number of carbonyl (C=O) groups is 1. The Bertz CT molecular complexity index is 169. The van der Waals surface area contributed by atoms with Crippen molar-refractivity contribution in [3.05, 3.63) is 0 Å². The van der Waals surface area contributed by atoms with Crippen molar-refractivity contribution in [2.45, 2.75) is 20.3 Å². The highest BCUT2D eigenvalue weighted by Crippen LogP contribution is 2.19. The third-order valence-corrected chi connectivity index (χ3v) is 2.01. The van der Waals surface area contributed by atoms with Crippen LogP contribution in [0.15, 0.2) is 0 Å². The van der Waals surface area contributed by atoms with E-state index in [4.69, 9.17) is 4.74 Å². The monoisotopic (exact) mass is 203 g/mol. The second-order valence-electron chi connectivity index (χ2n) is 4.10. The second-order valence-corrected chi connectivity index (χ2v) is 4.10. The van der Waals surface area contributed by atoms with E-state index in [1.54, 1.807) is 7.11 Å². The molecular weight excluding hydrogens is 182 g/mol. The average Bonchev–Trinajstić information content (AvgIpc) is 2.12. The van der Waals surface area contributed by atoms with Crippen LogP contribution in [-0.2, 0) is 14.3 Å². The quantitative estimate of drug-likeness (QED) is 0.491. The molecule has 0 aliphatic carbocycles. The van der Waals surface area contributed by atoms with E-state index in [1.807, 2.05) is 0 Å². The molecule has 84 valence electrons. The molecule has 0 saturated heterocycles. The van der Waals surface area contributed by atoms with Gasteiger partial charge in [0.25, 0.3) is 0 Å². The van der Waals surface area contributed by atoms with Crippen molar-refractivity contribution in [3.63, 3.8) is 0 Å². The number of rotatable bonds is 7. The van der Waals surface area contributed by atoms with Gasteiger partial charge in [-0.2, -0.15) is 0 Å². The Morgan fingerprint density at radius 2 is 2.00 bits per heavy atom. The van der Waals surface area contributed by atoms with Gasteiger partial charge in [0, 0.05) is 7.11 Å². The molecule has 0 aromatic rings. The maximum atomic E-state index is 10.8. The van der Waals surface area contributed by atoms with Crippen LogP contribution in [0.2, 0.25) is 0 Å². The lowest BCUT2D eigenvalue weighted by Gasteiger charge is -2.23. The van der Waals surface area contributed by atoms with Crippen molar-refractivity contribution in [1.29, 1.82) is 0 Å². The van der Waals surface area contributed by atoms with Gasteiger partial charge in [0.05, 0.1) is 20.3 Å². The summed E-state index contributed by atoms with van der Waals surface area (Å²) in [5.41, 5.74) is 0.151. The number of nitrogens with one attached hydrogen (secondary N) is 1. The van der Waals surface area contributed by atoms with Crippen molar-refractivity contribution < 1.29 is 14.3 Å². The van der Waals surface area contributed by atoms with E-state index >= 15 is 0 Å². The lowest BCUT2D eigenvalue weighted by atomic mass is 9.90. The highest BCUT2D eigenvalue weighted by molar-refractivity contribution is 5.71. The Morgan fingerprint density at radius 1 is 1.36 bits per heavy atom. The largest absolute Gasteiger partial charge is 0.468 e. The summed E-state index contributed by atoms with van der Waals surface area (Å²) >= 11 is 0. The number of carbonyl (C=O) groups excluding carboxylic acids is 1. The molecule has 0 aromatic carbocycles. The Balaban J connectivity index is 3.48. The molecule has 0 radical (unpaired) electrons. The first kappa shape index (κ1) is 13.4. The first-order chi connectivity index (χ1) is 6.52. The molecule has 1 N–H and O–H groups in total. The van der Waals surface area contributed by atoms with Crippen molar-refractivity contribution >= 4 is 5.97 Å². The predicted octanol–water partition coefficient (Wildman–Crippen LogP) is 0.812. The van der Waals surface area contributed by atoms with Crippen LogP contribution in [0.1, 0.15) is 20.3 Å². The van der Waals surface area contributed by atoms with Crippen molar-refractivity contribution in [1.82, 2.24) is 5.32 Å². The summed E-state index contributed by atoms with van der Waals surface area (Å²) in [4.78, 5) is 10.8. The average molecular weight is 203 g/mol. The standard InChI is InChI=1S/C10H21NO3/c1-10(2,8-13-3)5-6-11-7-9(12)14-4/h11H,5-8H2,1-4H3. The van der Waals surface area contributed by atoms with Gasteiger partial charge in [0.15, 0.2) is 0 Å². The normalized spacial score (nSPS) is 11.4. The summed E-state index contributed by atoms with van der Waals surface area (Å²) in [6.07, 6.45) is 0.970. The van der Waals surface area contributed by atoms with Crippen LogP contribution in [0.5, 0.6) is 0 Å². The summed E-state index contributed by atoms with van der Waals surface area (Å²) in [6.45, 7) is 6.07. The SMILES string of the molecule is COCC(C)(C)CCNCC(=O)OC. The molecule has 0 aromatic heterocycles. The molecular formula is C10H21NO3. The third kappa shape index (κ3) is 6.86. The van der Waals surface area contributed by atoms with E-state index in [0.717, 1.165) is 19.6 Å². The van der Waals surface area contributed by atoms with E-state index in [1.165, 1.54) is 7.11 Å². The minimum Gasteiger partial charge on any atom is -0.468 e. The lowest BCUT2D eigenvalue weighted by Crippen LogP contribution is -2.29. The Morgan fingerprint density at radius 3 is 2.50 bits per heavy atom. The molecule has 0 fully saturated rings. The Hall–Kier alpha value is -0.610. The van der Waals surface area contributed by atoms with E-state index in [-0.39, 0.29) is 17.9 Å². The number of esters is 1. The van der Waals surface area contributed by atoms with E-state index in [0.29, 0.717) is 0 Å². The van der Waals surface area contributed by atoms with Gasteiger partial charge in [-0.3, -0.25) is 4.79 Å². The summed E-state index contributed by atoms with van der Waals surface area (Å²) in [6, 6.07) is 0. The fourth-order valence-corrected chi connectivity index (χ4v) is 1.15. The highest BCUT2D eigenvalue weighted by Gasteiger charge is 2.16. The maximum absolute atomic E-state index is 10.8. The summed E-state index contributed by atoms with van der Waals surface area (Å²) < 4.78 is 9.59. The van der Waals surface area contributed by atoms with Crippen molar-refractivity contribution in [2.24, 2.45) is 5.41 Å². The lowest BCUT2D eigenvalue weighted by molar-refractivity contribution is -0.139. The van der Waals surface area contributed by atoms with Crippen LogP contribution in [0.3, 0.4) is 0 Å². The second kappa shape index (κ2) is 6.79. The molecule has 0 unspecified atom stereocenters. The Kier molecular flexibility index (Phi) is 6.49. The molecule has 0 amide bonds. The van der Waals surface area contributed by atoms with Gasteiger partial charge in [0.1, 0.15) is 0 Å². The molecule has 0 aliphatic rings. The van der Waals surface area contributed by atoms with E-state index in [9.17, 15) is 4.79 Å². The first-order valence-electron chi connectivity index (χ1n) is 4.78. The number of ether oxygens (including phenoxy) is 2. The predicted molar refractivity (Wildman–Crippen MR) is 55.2 cm³/mol. The molecule has 0 atom stereocenters. The van der Waals surface area contributed by atoms with Crippen LogP contribution >= 0.6 is 0 Å². The maximum Gasteiger partial charge on any atom is 0.319 e. The smallest absolute Gasteiger partial charge is 0.319 e. The van der Waals surface area contributed by atoms with Gasteiger partial charge in [-0.25, -0.2) is 0 Å². The van der Waals surface area contributed by atoms with Crippen LogP contribution in [0, 0.1) is 5.41 Å². The van der Waals surface area contributed by atoms with Gasteiger partial charge in [-0.15, -0.1) is 0 Å². The number of methoxy groups -OCH3 is 2. The zero-order chi connectivity index (χ0) is 11.0. The van der Waals surface area contributed by atoms with Gasteiger partial charge < -0.3 is 14.8 Å². The van der Waals surface area contributed by atoms with Gasteiger partial charge in [0.2, 0.25) is 0 Å². The fraction of sp³-hybridized carbons (Fsp3) is 0.900. The molecule has 14 heavy (non-hydrogen) atoms. The zero-order valence-corrected chi connectivity index (χ0v) is 9.55. The minimum atomic E-state index is -0.227. The molecule has 0 bridgehead atoms. The topological polar surface area (TPSA) is 47.6 Å². The summed E-state index contributed by atoms with van der Waals surface area (Å²) in [7, 11) is 3.09. The highest BCUT2D eigenvalue weighted by atomic mass is 16.5. The molecule has 0 heterocycles. The van der Waals surface area contributed by atoms with Crippen LogP contribution < -0.4 is 5.32 Å². The zero-order valence-electron chi connectivity index (χ0n) is 9.55. The number of hydrogen-bond acceptors (Lipinski definition) is 4. The Labute approximate surface area is 86.0 Å². The van der Waals surface area contributed by atoms with Crippen LogP contribution in [0.4, 0.5) is 0 Å². The van der Waals surface area contributed by atoms with E-state index < -0.39 is 0 Å². The molecule has 0 saturated carbocycles. The molecule has 0 aliphatic heterocycles. The van der Waals surface area contributed by atoms with E-state index in [2.05, 4.69) is 23.9 Å². The minimum absolute atomic E-state index is 0.151. The molecule has 4 heteroatoms. The molecule has 0 rings (SSSR count). The third-order valence-electron chi connectivity index (χ3n) is 2.01. The van der Waals surface area contributed by atoms with Crippen molar-refractivity contribution in [3.8, 4) is 0 Å².